The Hall–Kier alpha value is -2.70. The molecule has 1 aromatic carbocycles. The standard InChI is InChI=1S/C15H12FN3O3/c1-7-3-8-4-9(16)5-10-12(8)19(7)14(22)17-15(10)6-11(20)18(2)13(15)21/h3-5H,6H2,1-2H3,(H,17,22). The molecule has 2 aliphatic rings. The van der Waals surface area contributed by atoms with Crippen LogP contribution in [-0.2, 0) is 15.1 Å². The van der Waals surface area contributed by atoms with E-state index in [0.29, 0.717) is 22.2 Å². The number of benzene rings is 1. The number of nitrogens with zero attached hydrogens (tertiary/aromatic N) is 2. The summed E-state index contributed by atoms with van der Waals surface area (Å²) in [6.45, 7) is 1.73. The Morgan fingerprint density at radius 1 is 1.23 bits per heavy atom. The molecule has 1 spiro atoms. The lowest BCUT2D eigenvalue weighted by molar-refractivity contribution is -0.138. The van der Waals surface area contributed by atoms with Crippen molar-refractivity contribution < 1.29 is 18.8 Å². The minimum atomic E-state index is -1.51. The van der Waals surface area contributed by atoms with E-state index in [9.17, 15) is 18.8 Å². The first-order chi connectivity index (χ1) is 10.3. The Balaban J connectivity index is 2.14. The van der Waals surface area contributed by atoms with Crippen molar-refractivity contribution in [2.75, 3.05) is 7.05 Å². The summed E-state index contributed by atoms with van der Waals surface area (Å²) in [5.41, 5.74) is -0.0549. The molecule has 1 aromatic heterocycles. The summed E-state index contributed by atoms with van der Waals surface area (Å²) >= 11 is 0. The van der Waals surface area contributed by atoms with Gasteiger partial charge in [-0.2, -0.15) is 0 Å². The van der Waals surface area contributed by atoms with Gasteiger partial charge in [-0.3, -0.25) is 19.1 Å². The zero-order valence-corrected chi connectivity index (χ0v) is 11.9. The SMILES string of the molecule is Cc1cc2cc(F)cc3c2n1C(=O)NC31CC(=O)N(C)C1=O. The van der Waals surface area contributed by atoms with Crippen LogP contribution in [0.4, 0.5) is 9.18 Å². The Bertz CT molecular complexity index is 901. The Kier molecular flexibility index (Phi) is 2.21. The molecule has 0 radical (unpaired) electrons. The molecule has 112 valence electrons. The van der Waals surface area contributed by atoms with Gasteiger partial charge in [0.05, 0.1) is 11.9 Å². The monoisotopic (exact) mass is 301 g/mol. The predicted molar refractivity (Wildman–Crippen MR) is 74.6 cm³/mol. The maximum absolute atomic E-state index is 14.0. The molecule has 22 heavy (non-hydrogen) atoms. The molecule has 3 heterocycles. The van der Waals surface area contributed by atoms with E-state index in [4.69, 9.17) is 0 Å². The average Bonchev–Trinajstić information content (AvgIpc) is 2.87. The molecular formula is C15H12FN3O3. The molecule has 3 amide bonds. The van der Waals surface area contributed by atoms with Gasteiger partial charge in [-0.15, -0.1) is 0 Å². The van der Waals surface area contributed by atoms with Gasteiger partial charge in [0.2, 0.25) is 5.91 Å². The molecule has 1 N–H and O–H groups in total. The summed E-state index contributed by atoms with van der Waals surface area (Å²) in [5, 5.41) is 3.16. The van der Waals surface area contributed by atoms with Gasteiger partial charge in [-0.25, -0.2) is 9.18 Å². The topological polar surface area (TPSA) is 71.4 Å². The van der Waals surface area contributed by atoms with E-state index < -0.39 is 29.2 Å². The summed E-state index contributed by atoms with van der Waals surface area (Å²) in [7, 11) is 1.36. The van der Waals surface area contributed by atoms with Gasteiger partial charge < -0.3 is 5.32 Å². The zero-order chi connectivity index (χ0) is 15.8. The highest BCUT2D eigenvalue weighted by Gasteiger charge is 2.55. The largest absolute Gasteiger partial charge is 0.327 e. The van der Waals surface area contributed by atoms with E-state index >= 15 is 0 Å². The number of carbonyl (C=O) groups is 3. The number of aromatic nitrogens is 1. The van der Waals surface area contributed by atoms with Crippen molar-refractivity contribution in [3.63, 3.8) is 0 Å². The summed E-state index contributed by atoms with van der Waals surface area (Å²) in [5.74, 6) is -1.45. The molecule has 1 atom stereocenters. The van der Waals surface area contributed by atoms with Gasteiger partial charge in [0.25, 0.3) is 5.91 Å². The van der Waals surface area contributed by atoms with E-state index in [-0.39, 0.29) is 6.42 Å². The lowest BCUT2D eigenvalue weighted by Gasteiger charge is -2.33. The highest BCUT2D eigenvalue weighted by molar-refractivity contribution is 6.14. The summed E-state index contributed by atoms with van der Waals surface area (Å²) < 4.78 is 15.4. The van der Waals surface area contributed by atoms with Crippen molar-refractivity contribution in [3.8, 4) is 0 Å². The van der Waals surface area contributed by atoms with Crippen LogP contribution in [0.3, 0.4) is 0 Å². The number of nitrogens with one attached hydrogen (secondary N) is 1. The van der Waals surface area contributed by atoms with Crippen LogP contribution in [-0.4, -0.2) is 34.4 Å². The molecule has 4 rings (SSSR count). The highest BCUT2D eigenvalue weighted by atomic mass is 19.1. The molecule has 7 heteroatoms. The first kappa shape index (κ1) is 13.0. The number of hydrogen-bond acceptors (Lipinski definition) is 3. The molecule has 1 fully saturated rings. The Morgan fingerprint density at radius 3 is 2.59 bits per heavy atom. The number of rotatable bonds is 0. The number of fused-ring (bicyclic) bond motifs is 1. The molecule has 0 saturated carbocycles. The second-order valence-electron chi connectivity index (χ2n) is 5.78. The third-order valence-electron chi connectivity index (χ3n) is 4.49. The smallest absolute Gasteiger partial charge is 0.318 e. The molecule has 0 bridgehead atoms. The minimum absolute atomic E-state index is 0.198. The average molecular weight is 301 g/mol. The van der Waals surface area contributed by atoms with E-state index in [1.165, 1.54) is 23.7 Å². The molecule has 2 aliphatic heterocycles. The number of amides is 3. The zero-order valence-electron chi connectivity index (χ0n) is 11.9. The number of likely N-dealkylation sites (tertiary alicyclic amines) is 1. The molecular weight excluding hydrogens is 289 g/mol. The van der Waals surface area contributed by atoms with Gasteiger partial charge >= 0.3 is 6.03 Å². The van der Waals surface area contributed by atoms with Gasteiger partial charge in [0, 0.05) is 23.7 Å². The van der Waals surface area contributed by atoms with Crippen molar-refractivity contribution in [1.29, 1.82) is 0 Å². The first-order valence-electron chi connectivity index (χ1n) is 6.81. The third-order valence-corrected chi connectivity index (χ3v) is 4.49. The quantitative estimate of drug-likeness (QED) is 0.744. The predicted octanol–water partition coefficient (Wildman–Crippen LogP) is 1.24. The second-order valence-corrected chi connectivity index (χ2v) is 5.78. The van der Waals surface area contributed by atoms with Crippen LogP contribution in [0.5, 0.6) is 0 Å². The molecule has 1 saturated heterocycles. The van der Waals surface area contributed by atoms with Gasteiger partial charge in [-0.1, -0.05) is 0 Å². The van der Waals surface area contributed by atoms with Crippen LogP contribution in [0.2, 0.25) is 0 Å². The van der Waals surface area contributed by atoms with E-state index in [1.807, 2.05) is 0 Å². The molecule has 6 nitrogen and oxygen atoms in total. The Morgan fingerprint density at radius 2 is 1.95 bits per heavy atom. The maximum Gasteiger partial charge on any atom is 0.327 e. The second kappa shape index (κ2) is 3.73. The molecule has 0 aliphatic carbocycles. The van der Waals surface area contributed by atoms with Crippen molar-refractivity contribution in [1.82, 2.24) is 14.8 Å². The van der Waals surface area contributed by atoms with E-state index in [2.05, 4.69) is 5.32 Å². The highest BCUT2D eigenvalue weighted by Crippen LogP contribution is 2.41. The number of aryl methyl sites for hydroxylation is 1. The maximum atomic E-state index is 14.0. The Labute approximate surface area is 124 Å². The van der Waals surface area contributed by atoms with Crippen LogP contribution in [0, 0.1) is 12.7 Å². The first-order valence-corrected chi connectivity index (χ1v) is 6.81. The summed E-state index contributed by atoms with van der Waals surface area (Å²) in [6, 6.07) is 3.75. The van der Waals surface area contributed by atoms with E-state index in [0.717, 1.165) is 4.90 Å². The fourth-order valence-electron chi connectivity index (χ4n) is 3.47. The van der Waals surface area contributed by atoms with Crippen LogP contribution >= 0.6 is 0 Å². The minimum Gasteiger partial charge on any atom is -0.318 e. The van der Waals surface area contributed by atoms with Crippen molar-refractivity contribution >= 4 is 28.7 Å². The third kappa shape index (κ3) is 1.31. The summed E-state index contributed by atoms with van der Waals surface area (Å²) in [6.07, 6.45) is -0.198. The van der Waals surface area contributed by atoms with Crippen molar-refractivity contribution in [3.05, 3.63) is 35.3 Å². The van der Waals surface area contributed by atoms with Gasteiger partial charge in [0.1, 0.15) is 5.82 Å². The lowest BCUT2D eigenvalue weighted by atomic mass is 9.85. The fourth-order valence-corrected chi connectivity index (χ4v) is 3.47. The molecule has 2 aromatic rings. The van der Waals surface area contributed by atoms with Crippen LogP contribution in [0.15, 0.2) is 18.2 Å². The summed E-state index contributed by atoms with van der Waals surface area (Å²) in [4.78, 5) is 37.9. The van der Waals surface area contributed by atoms with Crippen LogP contribution < -0.4 is 5.32 Å². The number of imide groups is 1. The fraction of sp³-hybridized carbons (Fsp3) is 0.267. The molecule has 1 unspecified atom stereocenters. The normalized spacial score (nSPS) is 23.8. The van der Waals surface area contributed by atoms with Crippen molar-refractivity contribution in [2.24, 2.45) is 0 Å². The van der Waals surface area contributed by atoms with Crippen molar-refractivity contribution in [2.45, 2.75) is 18.9 Å². The van der Waals surface area contributed by atoms with Crippen LogP contribution in [0.25, 0.3) is 10.9 Å². The number of hydrogen-bond donors (Lipinski definition) is 1. The number of halogens is 1. The van der Waals surface area contributed by atoms with E-state index in [1.54, 1.807) is 13.0 Å². The number of likely N-dealkylation sites (N-methyl/N-ethyl adjacent to an activating group) is 1. The van der Waals surface area contributed by atoms with Crippen LogP contribution in [0.1, 0.15) is 17.7 Å². The lowest BCUT2D eigenvalue weighted by Crippen LogP contribution is -2.55. The number of carbonyl (C=O) groups excluding carboxylic acids is 3. The van der Waals surface area contributed by atoms with Gasteiger partial charge in [0.15, 0.2) is 5.54 Å². The van der Waals surface area contributed by atoms with Gasteiger partial charge in [-0.05, 0) is 25.1 Å².